The molecule has 6 nitrogen and oxygen atoms in total. The van der Waals surface area contributed by atoms with Crippen molar-refractivity contribution >= 4 is 11.7 Å². The highest BCUT2D eigenvalue weighted by atomic mass is 19.3. The molecule has 8 heteroatoms. The topological polar surface area (TPSA) is 93.3 Å². The Morgan fingerprint density at radius 3 is 2.65 bits per heavy atom. The Labute approximate surface area is 94.1 Å². The fraction of sp³-hybridized carbons (Fsp3) is 0.333. The molecule has 0 radical (unpaired) electrons. The summed E-state index contributed by atoms with van der Waals surface area (Å²) in [6, 6.07) is 0.831. The number of carboxylic acids is 1. The highest BCUT2D eigenvalue weighted by molar-refractivity contribution is 5.71. The monoisotopic (exact) mass is 246 g/mol. The van der Waals surface area contributed by atoms with Crippen molar-refractivity contribution in [3.63, 3.8) is 0 Å². The molecule has 17 heavy (non-hydrogen) atoms. The van der Waals surface area contributed by atoms with E-state index in [0.717, 1.165) is 6.07 Å². The van der Waals surface area contributed by atoms with Crippen LogP contribution in [0.25, 0.3) is 0 Å². The van der Waals surface area contributed by atoms with Crippen LogP contribution in [0, 0.1) is 17.0 Å². The fourth-order valence-electron chi connectivity index (χ4n) is 1.33. The van der Waals surface area contributed by atoms with E-state index < -0.39 is 35.1 Å². The molecule has 1 heterocycles. The van der Waals surface area contributed by atoms with Gasteiger partial charge >= 0.3 is 5.97 Å². The minimum atomic E-state index is -2.97. The SMILES string of the molecule is Cc1nc(C(F)F)c(CC(=O)O)cc1[N+](=O)[O-]. The predicted molar refractivity (Wildman–Crippen MR) is 51.9 cm³/mol. The van der Waals surface area contributed by atoms with Crippen LogP contribution in [0.5, 0.6) is 0 Å². The van der Waals surface area contributed by atoms with Gasteiger partial charge in [-0.25, -0.2) is 13.8 Å². The number of aliphatic carboxylic acids is 1. The van der Waals surface area contributed by atoms with Crippen molar-refractivity contribution in [3.8, 4) is 0 Å². The molecule has 1 N–H and O–H groups in total. The number of rotatable bonds is 4. The second-order valence-corrected chi connectivity index (χ2v) is 3.27. The molecule has 92 valence electrons. The van der Waals surface area contributed by atoms with Crippen LogP contribution in [-0.4, -0.2) is 21.0 Å². The van der Waals surface area contributed by atoms with Gasteiger partial charge in [0.05, 0.1) is 11.3 Å². The van der Waals surface area contributed by atoms with Crippen molar-refractivity contribution < 1.29 is 23.6 Å². The molecule has 1 aromatic rings. The highest BCUT2D eigenvalue weighted by Gasteiger charge is 2.23. The van der Waals surface area contributed by atoms with E-state index in [1.165, 1.54) is 6.92 Å². The molecule has 0 aliphatic carbocycles. The van der Waals surface area contributed by atoms with E-state index in [-0.39, 0.29) is 11.3 Å². The first-order valence-corrected chi connectivity index (χ1v) is 4.47. The first kappa shape index (κ1) is 12.9. The molecule has 0 aromatic carbocycles. The number of pyridine rings is 1. The zero-order valence-corrected chi connectivity index (χ0v) is 8.68. The van der Waals surface area contributed by atoms with E-state index in [0.29, 0.717) is 0 Å². The van der Waals surface area contributed by atoms with Gasteiger partial charge in [0.2, 0.25) is 0 Å². The van der Waals surface area contributed by atoms with E-state index in [1.807, 2.05) is 0 Å². The number of alkyl halides is 2. The molecular weight excluding hydrogens is 238 g/mol. The number of nitro groups is 1. The number of aromatic nitrogens is 1. The number of carbonyl (C=O) groups is 1. The van der Waals surface area contributed by atoms with Crippen LogP contribution in [-0.2, 0) is 11.2 Å². The Hall–Kier alpha value is -2.12. The molecule has 0 saturated carbocycles. The van der Waals surface area contributed by atoms with Gasteiger partial charge in [-0.05, 0) is 12.5 Å². The maximum atomic E-state index is 12.6. The molecule has 0 atom stereocenters. The van der Waals surface area contributed by atoms with Crippen molar-refractivity contribution in [1.82, 2.24) is 4.98 Å². The van der Waals surface area contributed by atoms with Crippen LogP contribution < -0.4 is 0 Å². The number of halogens is 2. The summed E-state index contributed by atoms with van der Waals surface area (Å²) in [7, 11) is 0. The summed E-state index contributed by atoms with van der Waals surface area (Å²) in [5.41, 5.74) is -1.70. The maximum Gasteiger partial charge on any atom is 0.307 e. The van der Waals surface area contributed by atoms with Gasteiger partial charge in [0, 0.05) is 6.07 Å². The fourth-order valence-corrected chi connectivity index (χ4v) is 1.33. The third kappa shape index (κ3) is 2.92. The molecular formula is C9H8F2N2O4. The first-order valence-electron chi connectivity index (χ1n) is 4.47. The summed E-state index contributed by atoms with van der Waals surface area (Å²) < 4.78 is 25.1. The number of carboxylic acid groups (broad SMARTS) is 1. The van der Waals surface area contributed by atoms with Crippen LogP contribution in [0.15, 0.2) is 6.07 Å². The number of hydrogen-bond donors (Lipinski definition) is 1. The Balaban J connectivity index is 3.36. The Kier molecular flexibility index (Phi) is 3.66. The molecule has 1 aromatic heterocycles. The normalized spacial score (nSPS) is 10.6. The summed E-state index contributed by atoms with van der Waals surface area (Å²) in [5.74, 6) is -1.35. The van der Waals surface area contributed by atoms with Gasteiger partial charge in [-0.15, -0.1) is 0 Å². The lowest BCUT2D eigenvalue weighted by Gasteiger charge is -2.07. The molecule has 0 amide bonds. The van der Waals surface area contributed by atoms with Gasteiger partial charge in [-0.3, -0.25) is 14.9 Å². The molecule has 0 aliphatic rings. The quantitative estimate of drug-likeness (QED) is 0.646. The van der Waals surface area contributed by atoms with Crippen molar-refractivity contribution in [2.24, 2.45) is 0 Å². The van der Waals surface area contributed by atoms with Gasteiger partial charge in [0.25, 0.3) is 12.1 Å². The molecule has 0 spiro atoms. The number of hydrogen-bond acceptors (Lipinski definition) is 4. The number of nitrogens with zero attached hydrogens (tertiary/aromatic N) is 2. The van der Waals surface area contributed by atoms with Crippen LogP contribution in [0.1, 0.15) is 23.4 Å². The zero-order chi connectivity index (χ0) is 13.2. The average Bonchev–Trinajstić information content (AvgIpc) is 2.18. The molecule has 0 aliphatic heterocycles. The van der Waals surface area contributed by atoms with E-state index in [4.69, 9.17) is 5.11 Å². The highest BCUT2D eigenvalue weighted by Crippen LogP contribution is 2.27. The molecule has 0 fully saturated rings. The molecule has 0 saturated heterocycles. The third-order valence-electron chi connectivity index (χ3n) is 2.04. The van der Waals surface area contributed by atoms with Crippen molar-refractivity contribution in [3.05, 3.63) is 33.1 Å². The zero-order valence-electron chi connectivity index (χ0n) is 8.68. The van der Waals surface area contributed by atoms with Crippen molar-refractivity contribution in [2.45, 2.75) is 19.8 Å². The standard InChI is InChI=1S/C9H8F2N2O4/c1-4-6(13(16)17)2-5(3-7(14)15)8(12-4)9(10)11/h2,9H,3H2,1H3,(H,14,15). The number of aryl methyl sites for hydroxylation is 1. The first-order chi connectivity index (χ1) is 7.82. The van der Waals surface area contributed by atoms with Gasteiger partial charge in [0.15, 0.2) is 0 Å². The third-order valence-corrected chi connectivity index (χ3v) is 2.04. The van der Waals surface area contributed by atoms with E-state index in [9.17, 15) is 23.7 Å². The van der Waals surface area contributed by atoms with Gasteiger partial charge < -0.3 is 5.11 Å². The Morgan fingerprint density at radius 2 is 2.24 bits per heavy atom. The average molecular weight is 246 g/mol. The van der Waals surface area contributed by atoms with Crippen LogP contribution in [0.3, 0.4) is 0 Å². The van der Waals surface area contributed by atoms with Gasteiger partial charge in [-0.2, -0.15) is 0 Å². The van der Waals surface area contributed by atoms with E-state index in [1.54, 1.807) is 0 Å². The summed E-state index contributed by atoms with van der Waals surface area (Å²) in [5, 5.41) is 19.1. The van der Waals surface area contributed by atoms with Crippen molar-refractivity contribution in [2.75, 3.05) is 0 Å². The van der Waals surface area contributed by atoms with Gasteiger partial charge in [-0.1, -0.05) is 0 Å². The molecule has 0 unspecified atom stereocenters. The summed E-state index contributed by atoms with van der Waals surface area (Å²) >= 11 is 0. The van der Waals surface area contributed by atoms with E-state index >= 15 is 0 Å². The van der Waals surface area contributed by atoms with Crippen LogP contribution in [0.4, 0.5) is 14.5 Å². The second-order valence-electron chi connectivity index (χ2n) is 3.27. The van der Waals surface area contributed by atoms with Gasteiger partial charge in [0.1, 0.15) is 11.4 Å². The smallest absolute Gasteiger partial charge is 0.307 e. The van der Waals surface area contributed by atoms with Crippen LogP contribution >= 0.6 is 0 Å². The van der Waals surface area contributed by atoms with Crippen molar-refractivity contribution in [1.29, 1.82) is 0 Å². The minimum Gasteiger partial charge on any atom is -0.481 e. The minimum absolute atomic E-state index is 0.167. The Bertz CT molecular complexity index is 476. The summed E-state index contributed by atoms with van der Waals surface area (Å²) in [6.45, 7) is 1.22. The lowest BCUT2D eigenvalue weighted by molar-refractivity contribution is -0.385. The lowest BCUT2D eigenvalue weighted by atomic mass is 10.1. The summed E-state index contributed by atoms with van der Waals surface area (Å²) in [4.78, 5) is 23.6. The van der Waals surface area contributed by atoms with E-state index in [2.05, 4.69) is 4.98 Å². The predicted octanol–water partition coefficient (Wildman–Crippen LogP) is 1.86. The summed E-state index contributed by atoms with van der Waals surface area (Å²) in [6.07, 6.45) is -3.70. The van der Waals surface area contributed by atoms with Crippen LogP contribution in [0.2, 0.25) is 0 Å². The Morgan fingerprint density at radius 1 is 1.65 bits per heavy atom. The lowest BCUT2D eigenvalue weighted by Crippen LogP contribution is -2.08. The molecule has 0 bridgehead atoms. The molecule has 1 rings (SSSR count). The second kappa shape index (κ2) is 4.81. The maximum absolute atomic E-state index is 12.6. The largest absolute Gasteiger partial charge is 0.481 e.